The molecule has 1 saturated carbocycles. The molecular weight excluding hydrogens is 274 g/mol. The molecule has 2 fully saturated rings. The van der Waals surface area contributed by atoms with Gasteiger partial charge in [0.1, 0.15) is 0 Å². The van der Waals surface area contributed by atoms with Crippen LogP contribution < -0.4 is 10.6 Å². The van der Waals surface area contributed by atoms with E-state index in [9.17, 15) is 4.79 Å². The predicted molar refractivity (Wildman–Crippen MR) is 77.6 cm³/mol. The summed E-state index contributed by atoms with van der Waals surface area (Å²) in [4.78, 5) is 17.3. The molecule has 2 amide bonds. The van der Waals surface area contributed by atoms with Gasteiger partial charge in [-0.15, -0.1) is 11.3 Å². The monoisotopic (exact) mass is 295 g/mol. The van der Waals surface area contributed by atoms with Crippen molar-refractivity contribution >= 4 is 17.4 Å². The Balaban J connectivity index is 1.53. The zero-order valence-electron chi connectivity index (χ0n) is 12.1. The summed E-state index contributed by atoms with van der Waals surface area (Å²) in [7, 11) is 0. The Kier molecular flexibility index (Phi) is 3.46. The third kappa shape index (κ3) is 2.20. The normalized spacial score (nSPS) is 30.4. The molecule has 0 unspecified atom stereocenters. The summed E-state index contributed by atoms with van der Waals surface area (Å²) in [6.07, 6.45) is 1.35. The summed E-state index contributed by atoms with van der Waals surface area (Å²) >= 11 is 1.57. The van der Waals surface area contributed by atoms with Gasteiger partial charge in [0.05, 0.1) is 23.9 Å². The molecule has 2 N–H and O–H groups in total. The summed E-state index contributed by atoms with van der Waals surface area (Å²) in [6, 6.07) is 0.110. The molecule has 1 aliphatic heterocycles. The fourth-order valence-corrected chi connectivity index (χ4v) is 4.18. The third-order valence-corrected chi connectivity index (χ3v) is 5.58. The summed E-state index contributed by atoms with van der Waals surface area (Å²) in [5, 5.41) is 6.04. The maximum Gasteiger partial charge on any atom is 0.315 e. The number of fused-ring (bicyclic) bond motifs is 1. The summed E-state index contributed by atoms with van der Waals surface area (Å²) in [5.41, 5.74) is 2.82. The smallest absolute Gasteiger partial charge is 0.315 e. The molecule has 3 atom stereocenters. The molecule has 5 nitrogen and oxygen atoms in total. The number of urea groups is 1. The van der Waals surface area contributed by atoms with Gasteiger partial charge in [0.15, 0.2) is 0 Å². The number of nitrogens with one attached hydrogen (secondary N) is 2. The van der Waals surface area contributed by atoms with E-state index in [0.29, 0.717) is 18.6 Å². The summed E-state index contributed by atoms with van der Waals surface area (Å²) < 4.78 is 5.74. The number of aromatic nitrogens is 1. The molecule has 0 bridgehead atoms. The first kappa shape index (κ1) is 13.8. The van der Waals surface area contributed by atoms with Crippen molar-refractivity contribution in [3.63, 3.8) is 0 Å². The highest BCUT2D eigenvalue weighted by molar-refractivity contribution is 7.09. The van der Waals surface area contributed by atoms with Crippen LogP contribution >= 0.6 is 11.3 Å². The second kappa shape index (κ2) is 5.00. The number of aryl methyl sites for hydroxylation is 1. The molecule has 1 aromatic rings. The number of carbonyl (C=O) groups is 1. The van der Waals surface area contributed by atoms with Crippen molar-refractivity contribution in [3.8, 4) is 0 Å². The zero-order valence-corrected chi connectivity index (χ0v) is 12.9. The maximum atomic E-state index is 12.1. The Labute approximate surface area is 123 Å². The highest BCUT2D eigenvalue weighted by Gasteiger charge is 2.59. The van der Waals surface area contributed by atoms with Crippen LogP contribution in [0.1, 0.15) is 30.8 Å². The van der Waals surface area contributed by atoms with E-state index in [1.807, 2.05) is 6.92 Å². The van der Waals surface area contributed by atoms with Gasteiger partial charge >= 0.3 is 6.03 Å². The van der Waals surface area contributed by atoms with E-state index in [4.69, 9.17) is 4.74 Å². The minimum Gasteiger partial charge on any atom is -0.377 e. The van der Waals surface area contributed by atoms with Crippen LogP contribution in [0.5, 0.6) is 0 Å². The lowest BCUT2D eigenvalue weighted by molar-refractivity contribution is -0.108. The summed E-state index contributed by atoms with van der Waals surface area (Å²) in [5.74, 6) is 0.473. The van der Waals surface area contributed by atoms with Gasteiger partial charge in [0.25, 0.3) is 0 Å². The number of amides is 2. The molecule has 1 aromatic heterocycles. The standard InChI is InChI=1S/C14H21N3O2S/c1-8-10(20-7-16-8)6-15-13(18)17-11-9-4-5-19-12(9)14(11,2)3/h7,9,11-12H,4-6H2,1-3H3,(H2,15,17,18)/t9-,11-,12-/m1/s1. The molecule has 0 aromatic carbocycles. The average Bonchev–Trinajstić information content (AvgIpc) is 3.01. The molecule has 0 radical (unpaired) electrons. The first-order valence-electron chi connectivity index (χ1n) is 7.05. The topological polar surface area (TPSA) is 63.2 Å². The zero-order chi connectivity index (χ0) is 14.3. The lowest BCUT2D eigenvalue weighted by Crippen LogP contribution is -2.67. The van der Waals surface area contributed by atoms with Crippen molar-refractivity contribution < 1.29 is 9.53 Å². The third-order valence-electron chi connectivity index (χ3n) is 4.64. The Morgan fingerprint density at radius 2 is 2.40 bits per heavy atom. The first-order chi connectivity index (χ1) is 9.50. The van der Waals surface area contributed by atoms with Crippen LogP contribution in [0.4, 0.5) is 4.79 Å². The number of hydrogen-bond acceptors (Lipinski definition) is 4. The summed E-state index contributed by atoms with van der Waals surface area (Å²) in [6.45, 7) is 7.65. The van der Waals surface area contributed by atoms with E-state index >= 15 is 0 Å². The number of hydrogen-bond donors (Lipinski definition) is 2. The van der Waals surface area contributed by atoms with Crippen molar-refractivity contribution in [2.24, 2.45) is 11.3 Å². The lowest BCUT2D eigenvalue weighted by atomic mass is 9.57. The number of thiazole rings is 1. The van der Waals surface area contributed by atoms with Crippen molar-refractivity contribution in [1.29, 1.82) is 0 Å². The molecule has 1 saturated heterocycles. The van der Waals surface area contributed by atoms with Gasteiger partial charge < -0.3 is 15.4 Å². The Morgan fingerprint density at radius 3 is 3.10 bits per heavy atom. The van der Waals surface area contributed by atoms with Gasteiger partial charge in [-0.3, -0.25) is 0 Å². The van der Waals surface area contributed by atoms with Gasteiger partial charge in [0.2, 0.25) is 0 Å². The minimum absolute atomic E-state index is 0.0267. The largest absolute Gasteiger partial charge is 0.377 e. The van der Waals surface area contributed by atoms with Gasteiger partial charge in [-0.1, -0.05) is 13.8 Å². The fourth-order valence-electron chi connectivity index (χ4n) is 3.47. The molecule has 110 valence electrons. The minimum atomic E-state index is -0.0961. The van der Waals surface area contributed by atoms with Crippen molar-refractivity contribution in [1.82, 2.24) is 15.6 Å². The molecule has 3 rings (SSSR count). The number of ether oxygens (including phenoxy) is 1. The van der Waals surface area contributed by atoms with Gasteiger partial charge in [-0.25, -0.2) is 9.78 Å². The Hall–Kier alpha value is -1.14. The number of nitrogens with zero attached hydrogens (tertiary/aromatic N) is 1. The van der Waals surface area contributed by atoms with Crippen LogP contribution in [0, 0.1) is 18.3 Å². The van der Waals surface area contributed by atoms with E-state index < -0.39 is 0 Å². The quantitative estimate of drug-likeness (QED) is 0.897. The van der Waals surface area contributed by atoms with Crippen LogP contribution in [0.15, 0.2) is 5.51 Å². The molecule has 2 aliphatic rings. The van der Waals surface area contributed by atoms with Crippen LogP contribution in [0.25, 0.3) is 0 Å². The predicted octanol–water partition coefficient (Wildman–Crippen LogP) is 2.06. The van der Waals surface area contributed by atoms with E-state index in [0.717, 1.165) is 23.6 Å². The van der Waals surface area contributed by atoms with Crippen molar-refractivity contribution in [2.45, 2.75) is 45.9 Å². The van der Waals surface area contributed by atoms with Gasteiger partial charge in [0, 0.05) is 28.9 Å². The SMILES string of the molecule is Cc1ncsc1CNC(=O)N[C@@H]1[C@H]2CCO[C@H]2C1(C)C. The van der Waals surface area contributed by atoms with Crippen LogP contribution in [0.3, 0.4) is 0 Å². The van der Waals surface area contributed by atoms with Crippen molar-refractivity contribution in [3.05, 3.63) is 16.1 Å². The van der Waals surface area contributed by atoms with Crippen molar-refractivity contribution in [2.75, 3.05) is 6.61 Å². The highest BCUT2D eigenvalue weighted by Crippen LogP contribution is 2.52. The van der Waals surface area contributed by atoms with Gasteiger partial charge in [-0.2, -0.15) is 0 Å². The van der Waals surface area contributed by atoms with E-state index in [-0.39, 0.29) is 17.5 Å². The first-order valence-corrected chi connectivity index (χ1v) is 7.93. The number of rotatable bonds is 3. The molecule has 1 aliphatic carbocycles. The van der Waals surface area contributed by atoms with Gasteiger partial charge in [-0.05, 0) is 13.3 Å². The molecule has 0 spiro atoms. The highest BCUT2D eigenvalue weighted by atomic mass is 32.1. The number of carbonyl (C=O) groups excluding carboxylic acids is 1. The van der Waals surface area contributed by atoms with E-state index in [1.165, 1.54) is 0 Å². The van der Waals surface area contributed by atoms with E-state index in [2.05, 4.69) is 29.5 Å². The molecule has 20 heavy (non-hydrogen) atoms. The average molecular weight is 295 g/mol. The fraction of sp³-hybridized carbons (Fsp3) is 0.714. The Bertz CT molecular complexity index is 514. The Morgan fingerprint density at radius 1 is 1.60 bits per heavy atom. The molecular formula is C14H21N3O2S. The lowest BCUT2D eigenvalue weighted by Gasteiger charge is -2.54. The van der Waals surface area contributed by atoms with Crippen LogP contribution in [-0.4, -0.2) is 29.8 Å². The van der Waals surface area contributed by atoms with Crippen LogP contribution in [-0.2, 0) is 11.3 Å². The van der Waals surface area contributed by atoms with Crippen LogP contribution in [0.2, 0.25) is 0 Å². The molecule has 2 heterocycles. The second-order valence-corrected chi connectivity index (χ2v) is 7.17. The molecule has 6 heteroatoms. The van der Waals surface area contributed by atoms with E-state index in [1.54, 1.807) is 16.8 Å². The second-order valence-electron chi connectivity index (χ2n) is 6.23. The maximum absolute atomic E-state index is 12.1.